The number of fused-ring (bicyclic) bond motifs is 1. The molecule has 0 fully saturated rings. The molecule has 0 radical (unpaired) electrons. The topological polar surface area (TPSA) is 93.2 Å². The number of primary amides is 1. The summed E-state index contributed by atoms with van der Waals surface area (Å²) in [5.74, 6) is -1.24. The van der Waals surface area contributed by atoms with Crippen molar-refractivity contribution in [1.82, 2.24) is 20.0 Å². The number of carbonyl (C=O) groups excluding carboxylic acids is 2. The van der Waals surface area contributed by atoms with Crippen molar-refractivity contribution >= 4 is 17.5 Å². The van der Waals surface area contributed by atoms with E-state index < -0.39 is 43.3 Å². The van der Waals surface area contributed by atoms with Gasteiger partial charge in [0.15, 0.2) is 0 Å². The number of halogens is 4. The minimum atomic E-state index is -2.24. The Labute approximate surface area is 170 Å². The Kier molecular flexibility index (Phi) is 7.41. The smallest absolute Gasteiger partial charge is 0.318 e. The molecule has 0 unspecified atom stereocenters. The summed E-state index contributed by atoms with van der Waals surface area (Å²) in [5.41, 5.74) is 4.04. The average Bonchev–Trinajstić information content (AvgIpc) is 3.10. The van der Waals surface area contributed by atoms with Gasteiger partial charge in [0.25, 0.3) is 5.91 Å². The van der Waals surface area contributed by atoms with E-state index in [1.54, 1.807) is 0 Å². The molecule has 1 aromatic heterocycles. The minimum absolute atomic E-state index is 0.0239. The van der Waals surface area contributed by atoms with E-state index in [1.807, 2.05) is 5.32 Å². The molecule has 3 amide bonds. The van der Waals surface area contributed by atoms with Gasteiger partial charge in [-0.2, -0.15) is 5.10 Å². The second-order valence-corrected chi connectivity index (χ2v) is 6.93. The van der Waals surface area contributed by atoms with Crippen molar-refractivity contribution in [3.63, 3.8) is 0 Å². The minimum Gasteiger partial charge on any atom is -0.365 e. The Balaban J connectivity index is 2.30. The number of nitrogens with two attached hydrogens (primary N) is 1. The van der Waals surface area contributed by atoms with E-state index in [4.69, 9.17) is 5.73 Å². The first-order valence-electron chi connectivity index (χ1n) is 9.02. The van der Waals surface area contributed by atoms with Crippen molar-refractivity contribution in [2.24, 2.45) is 5.73 Å². The zero-order valence-corrected chi connectivity index (χ0v) is 16.4. The molecule has 30 heavy (non-hydrogen) atoms. The molecule has 1 aromatic rings. The molecule has 0 saturated heterocycles. The summed E-state index contributed by atoms with van der Waals surface area (Å²) >= 11 is 0. The normalized spacial score (nSPS) is 14.7. The molecule has 0 saturated carbocycles. The van der Waals surface area contributed by atoms with Gasteiger partial charge in [-0.3, -0.25) is 9.48 Å². The average molecular weight is 429 g/mol. The van der Waals surface area contributed by atoms with Crippen molar-refractivity contribution in [3.8, 4) is 0 Å². The Morgan fingerprint density at radius 2 is 1.90 bits per heavy atom. The van der Waals surface area contributed by atoms with E-state index >= 15 is 0 Å². The molecule has 2 heterocycles. The number of urea groups is 1. The largest absolute Gasteiger partial charge is 0.365 e. The third-order valence-electron chi connectivity index (χ3n) is 4.58. The predicted octanol–water partition coefficient (Wildman–Crippen LogP) is 2.60. The molecule has 7 nitrogen and oxygen atoms in total. The molecule has 2 rings (SSSR count). The van der Waals surface area contributed by atoms with Crippen LogP contribution < -0.4 is 11.1 Å². The molecule has 0 bridgehead atoms. The van der Waals surface area contributed by atoms with Gasteiger partial charge in [0, 0.05) is 6.54 Å². The van der Waals surface area contributed by atoms with E-state index in [-0.39, 0.29) is 30.9 Å². The van der Waals surface area contributed by atoms with Crippen LogP contribution in [0.15, 0.2) is 30.6 Å². The molecular formula is C19H23F4N5O2. The van der Waals surface area contributed by atoms with Crippen LogP contribution in [0, 0.1) is 0 Å². The fourth-order valence-electron chi connectivity index (χ4n) is 2.86. The maximum absolute atomic E-state index is 13.1. The monoisotopic (exact) mass is 429 g/mol. The molecule has 3 N–H and O–H groups in total. The highest BCUT2D eigenvalue weighted by molar-refractivity contribution is 5.99. The van der Waals surface area contributed by atoms with Gasteiger partial charge >= 0.3 is 6.03 Å². The highest BCUT2D eigenvalue weighted by Gasteiger charge is 2.36. The summed E-state index contributed by atoms with van der Waals surface area (Å²) in [6.07, 6.45) is 4.04. The van der Waals surface area contributed by atoms with Gasteiger partial charge in [0.2, 0.25) is 0 Å². The van der Waals surface area contributed by atoms with E-state index in [0.717, 1.165) is 0 Å². The van der Waals surface area contributed by atoms with E-state index in [9.17, 15) is 27.2 Å². The number of nitrogens with one attached hydrogen (secondary N) is 1. The maximum Gasteiger partial charge on any atom is 0.318 e. The predicted molar refractivity (Wildman–Crippen MR) is 103 cm³/mol. The molecule has 164 valence electrons. The van der Waals surface area contributed by atoms with Gasteiger partial charge < -0.3 is 16.0 Å². The Morgan fingerprint density at radius 1 is 1.27 bits per heavy atom. The SMILES string of the molecule is C=C(C=CC=C(C)F)c1nn2c(c1C(N)=O)CN(C(=O)NC(CF)(CF)CF)CC2. The van der Waals surface area contributed by atoms with E-state index in [0.29, 0.717) is 11.3 Å². The fraction of sp³-hybridized carbons (Fsp3) is 0.421. The van der Waals surface area contributed by atoms with Gasteiger partial charge in [-0.25, -0.2) is 22.4 Å². The Morgan fingerprint density at radius 3 is 2.43 bits per heavy atom. The van der Waals surface area contributed by atoms with E-state index in [2.05, 4.69) is 11.7 Å². The number of amides is 3. The lowest BCUT2D eigenvalue weighted by Crippen LogP contribution is -2.58. The summed E-state index contributed by atoms with van der Waals surface area (Å²) in [5, 5.41) is 6.34. The summed E-state index contributed by atoms with van der Waals surface area (Å²) < 4.78 is 53.5. The first-order valence-corrected chi connectivity index (χ1v) is 9.02. The van der Waals surface area contributed by atoms with Crippen molar-refractivity contribution in [2.75, 3.05) is 26.6 Å². The summed E-state index contributed by atoms with van der Waals surface area (Å²) in [4.78, 5) is 25.7. The van der Waals surface area contributed by atoms with Gasteiger partial charge in [-0.15, -0.1) is 0 Å². The number of hydrogen-bond acceptors (Lipinski definition) is 3. The third kappa shape index (κ3) is 4.89. The van der Waals surface area contributed by atoms with Crippen LogP contribution in [0.25, 0.3) is 5.57 Å². The van der Waals surface area contributed by atoms with Crippen LogP contribution in [0.4, 0.5) is 22.4 Å². The van der Waals surface area contributed by atoms with Gasteiger partial charge in [-0.05, 0) is 18.6 Å². The molecule has 0 spiro atoms. The highest BCUT2D eigenvalue weighted by Crippen LogP contribution is 2.25. The molecule has 11 heteroatoms. The van der Waals surface area contributed by atoms with Crippen LogP contribution >= 0.6 is 0 Å². The van der Waals surface area contributed by atoms with Crippen LogP contribution in [0.3, 0.4) is 0 Å². The Bertz CT molecular complexity index is 877. The molecule has 0 aromatic carbocycles. The van der Waals surface area contributed by atoms with Crippen molar-refractivity contribution in [1.29, 1.82) is 0 Å². The number of hydrogen-bond donors (Lipinski definition) is 2. The molecule has 0 atom stereocenters. The molecule has 1 aliphatic rings. The first-order chi connectivity index (χ1) is 14.2. The lowest BCUT2D eigenvalue weighted by molar-refractivity contribution is 0.0995. The van der Waals surface area contributed by atoms with Crippen LogP contribution in [-0.2, 0) is 13.1 Å². The van der Waals surface area contributed by atoms with Gasteiger partial charge in [0.1, 0.15) is 31.3 Å². The zero-order valence-electron chi connectivity index (χ0n) is 16.4. The molecule has 1 aliphatic heterocycles. The molecular weight excluding hydrogens is 406 g/mol. The van der Waals surface area contributed by atoms with E-state index in [1.165, 1.54) is 34.7 Å². The van der Waals surface area contributed by atoms with Gasteiger partial charge in [-0.1, -0.05) is 18.7 Å². The Hall–Kier alpha value is -3.11. The highest BCUT2D eigenvalue weighted by atomic mass is 19.2. The second-order valence-electron chi connectivity index (χ2n) is 6.93. The van der Waals surface area contributed by atoms with Crippen molar-refractivity contribution in [3.05, 3.63) is 47.6 Å². The lowest BCUT2D eigenvalue weighted by atomic mass is 10.0. The van der Waals surface area contributed by atoms with Crippen LogP contribution in [0.2, 0.25) is 0 Å². The summed E-state index contributed by atoms with van der Waals surface area (Å²) in [6.45, 7) is 0.966. The quantitative estimate of drug-likeness (QED) is 0.491. The summed E-state index contributed by atoms with van der Waals surface area (Å²) in [7, 11) is 0. The number of aromatic nitrogens is 2. The number of allylic oxidation sites excluding steroid dienone is 5. The number of alkyl halides is 3. The van der Waals surface area contributed by atoms with Crippen molar-refractivity contribution in [2.45, 2.75) is 25.6 Å². The third-order valence-corrected chi connectivity index (χ3v) is 4.58. The van der Waals surface area contributed by atoms with Crippen LogP contribution in [0.1, 0.15) is 28.7 Å². The summed E-state index contributed by atoms with van der Waals surface area (Å²) in [6, 6.07) is -0.880. The number of rotatable bonds is 8. The van der Waals surface area contributed by atoms with Crippen LogP contribution in [0.5, 0.6) is 0 Å². The maximum atomic E-state index is 13.1. The lowest BCUT2D eigenvalue weighted by Gasteiger charge is -2.33. The number of nitrogens with zero attached hydrogens (tertiary/aromatic N) is 3. The first kappa shape index (κ1) is 23.2. The van der Waals surface area contributed by atoms with Gasteiger partial charge in [0.05, 0.1) is 30.2 Å². The second kappa shape index (κ2) is 9.59. The van der Waals surface area contributed by atoms with Crippen LogP contribution in [-0.4, -0.2) is 58.7 Å². The standard InChI is InChI=1S/C19H23F4N5O2/c1-12(4-3-5-13(2)23)16-15(17(24)29)14-8-27(6-7-28(14)26-16)18(30)25-19(9-20,10-21)11-22/h3-5H,1,6-11H2,2H3,(H2,24,29)(H,25,30). The zero-order chi connectivity index (χ0) is 22.5. The fourth-order valence-corrected chi connectivity index (χ4v) is 2.86. The molecule has 0 aliphatic carbocycles. The van der Waals surface area contributed by atoms with Crippen molar-refractivity contribution < 1.29 is 27.2 Å². The number of carbonyl (C=O) groups is 2.